The van der Waals surface area contributed by atoms with Crippen molar-refractivity contribution in [2.45, 2.75) is 11.4 Å². The Bertz CT molecular complexity index is 710. The van der Waals surface area contributed by atoms with Crippen molar-refractivity contribution < 1.29 is 22.7 Å². The van der Waals surface area contributed by atoms with Crippen LogP contribution in [0.1, 0.15) is 6.42 Å². The number of piperidine rings is 1. The van der Waals surface area contributed by atoms with Gasteiger partial charge >= 0.3 is 11.9 Å². The van der Waals surface area contributed by atoms with E-state index in [0.717, 1.165) is 8.99 Å². The normalized spacial score (nSPS) is 26.8. The summed E-state index contributed by atoms with van der Waals surface area (Å²) in [7, 11) is -2.39. The zero-order valence-corrected chi connectivity index (χ0v) is 13.3. The molecule has 0 N–H and O–H groups in total. The predicted octanol–water partition coefficient (Wildman–Crippen LogP) is -0.712. The molecule has 9 nitrogen and oxygen atoms in total. The van der Waals surface area contributed by atoms with E-state index < -0.39 is 33.8 Å². The fraction of sp³-hybridized carbons (Fsp3) is 0.600. The number of halogens is 1. The SMILES string of the molecule is Cn1nnc(Br)c1S(=O)(=O)N1CCC2C(=O)OC(=O)C2C1. The summed E-state index contributed by atoms with van der Waals surface area (Å²) in [4.78, 5) is 23.1. The number of esters is 2. The second-order valence-corrected chi connectivity index (χ2v) is 7.52. The number of carbonyl (C=O) groups is 2. The molecule has 1 aromatic rings. The Morgan fingerprint density at radius 3 is 2.57 bits per heavy atom. The molecule has 3 rings (SSSR count). The number of cyclic esters (lactones) is 2. The monoisotopic (exact) mass is 378 g/mol. The van der Waals surface area contributed by atoms with Crippen LogP contribution in [-0.4, -0.2) is 52.7 Å². The molecule has 2 saturated heterocycles. The molecule has 114 valence electrons. The molecule has 3 heterocycles. The van der Waals surface area contributed by atoms with Crippen LogP contribution >= 0.6 is 15.9 Å². The van der Waals surface area contributed by atoms with Crippen LogP contribution in [0.3, 0.4) is 0 Å². The van der Waals surface area contributed by atoms with Crippen LogP contribution in [0.5, 0.6) is 0 Å². The Kier molecular flexibility index (Phi) is 3.37. The van der Waals surface area contributed by atoms with Gasteiger partial charge in [-0.2, -0.15) is 4.31 Å². The lowest BCUT2D eigenvalue weighted by Gasteiger charge is -2.30. The first-order valence-corrected chi connectivity index (χ1v) is 8.36. The third-order valence-corrected chi connectivity index (χ3v) is 6.46. The highest BCUT2D eigenvalue weighted by Gasteiger charge is 2.50. The predicted molar refractivity (Wildman–Crippen MR) is 70.2 cm³/mol. The van der Waals surface area contributed by atoms with Gasteiger partial charge in [0.1, 0.15) is 0 Å². The average molecular weight is 379 g/mol. The lowest BCUT2D eigenvalue weighted by Crippen LogP contribution is -2.45. The van der Waals surface area contributed by atoms with Crippen LogP contribution in [0.15, 0.2) is 9.63 Å². The van der Waals surface area contributed by atoms with Gasteiger partial charge in [-0.3, -0.25) is 9.59 Å². The van der Waals surface area contributed by atoms with Gasteiger partial charge in [-0.1, -0.05) is 5.21 Å². The summed E-state index contributed by atoms with van der Waals surface area (Å²) >= 11 is 3.05. The van der Waals surface area contributed by atoms with Crippen LogP contribution in [-0.2, 0) is 31.4 Å². The minimum Gasteiger partial charge on any atom is -0.393 e. The van der Waals surface area contributed by atoms with Crippen molar-refractivity contribution in [1.29, 1.82) is 0 Å². The molecule has 0 aromatic carbocycles. The van der Waals surface area contributed by atoms with E-state index >= 15 is 0 Å². The maximum Gasteiger partial charge on any atom is 0.318 e. The molecule has 0 bridgehead atoms. The molecular weight excluding hydrogens is 368 g/mol. The molecule has 0 saturated carbocycles. The highest BCUT2D eigenvalue weighted by Crippen LogP contribution is 2.34. The maximum absolute atomic E-state index is 12.6. The molecular formula is C10H11BrN4O5S. The first kappa shape index (κ1) is 14.6. The van der Waals surface area contributed by atoms with Crippen molar-refractivity contribution in [2.75, 3.05) is 13.1 Å². The van der Waals surface area contributed by atoms with Gasteiger partial charge in [-0.15, -0.1) is 5.10 Å². The van der Waals surface area contributed by atoms with Crippen LogP contribution in [0.2, 0.25) is 0 Å². The zero-order chi connectivity index (χ0) is 15.4. The number of hydrogen-bond acceptors (Lipinski definition) is 7. The van der Waals surface area contributed by atoms with Crippen molar-refractivity contribution >= 4 is 37.9 Å². The first-order valence-electron chi connectivity index (χ1n) is 6.13. The molecule has 2 aliphatic heterocycles. The quantitative estimate of drug-likeness (QED) is 0.493. The summed E-state index contributed by atoms with van der Waals surface area (Å²) in [6.45, 7) is 0.0681. The number of rotatable bonds is 2. The Hall–Kier alpha value is -1.33. The molecule has 2 aliphatic rings. The van der Waals surface area contributed by atoms with E-state index in [1.165, 1.54) is 7.05 Å². The van der Waals surface area contributed by atoms with Crippen molar-refractivity contribution in [3.05, 3.63) is 4.60 Å². The van der Waals surface area contributed by atoms with Gasteiger partial charge in [-0.05, 0) is 22.4 Å². The number of fused-ring (bicyclic) bond motifs is 1. The van der Waals surface area contributed by atoms with Gasteiger partial charge < -0.3 is 4.74 Å². The number of aryl methyl sites for hydroxylation is 1. The topological polar surface area (TPSA) is 111 Å². The lowest BCUT2D eigenvalue weighted by molar-refractivity contribution is -0.153. The second kappa shape index (κ2) is 4.85. The van der Waals surface area contributed by atoms with E-state index in [4.69, 9.17) is 0 Å². The molecule has 1 aromatic heterocycles. The zero-order valence-electron chi connectivity index (χ0n) is 10.9. The Labute approximate surface area is 128 Å². The molecule has 0 spiro atoms. The van der Waals surface area contributed by atoms with Crippen LogP contribution in [0.25, 0.3) is 0 Å². The molecule has 2 fully saturated rings. The van der Waals surface area contributed by atoms with E-state index in [1.807, 2.05) is 0 Å². The van der Waals surface area contributed by atoms with Gasteiger partial charge in [0.25, 0.3) is 10.0 Å². The van der Waals surface area contributed by atoms with Crippen LogP contribution in [0.4, 0.5) is 0 Å². The Balaban J connectivity index is 1.92. The van der Waals surface area contributed by atoms with Gasteiger partial charge in [0.2, 0.25) is 5.03 Å². The number of ether oxygens (including phenoxy) is 1. The summed E-state index contributed by atoms with van der Waals surface area (Å²) in [5.74, 6) is -2.50. The fourth-order valence-electron chi connectivity index (χ4n) is 2.63. The summed E-state index contributed by atoms with van der Waals surface area (Å²) in [5.41, 5.74) is 0. The lowest BCUT2D eigenvalue weighted by atomic mass is 9.89. The summed E-state index contributed by atoms with van der Waals surface area (Å²) in [5, 5.41) is 7.20. The fourth-order valence-corrected chi connectivity index (χ4v) is 5.14. The molecule has 0 amide bonds. The first-order chi connectivity index (χ1) is 9.82. The van der Waals surface area contributed by atoms with E-state index in [1.54, 1.807) is 0 Å². The number of nitrogens with zero attached hydrogens (tertiary/aromatic N) is 4. The molecule has 0 aliphatic carbocycles. The van der Waals surface area contributed by atoms with Gasteiger partial charge in [0.15, 0.2) is 4.60 Å². The molecule has 21 heavy (non-hydrogen) atoms. The number of sulfonamides is 1. The summed E-state index contributed by atoms with van der Waals surface area (Å²) < 4.78 is 32.2. The molecule has 2 unspecified atom stereocenters. The second-order valence-electron chi connectivity index (χ2n) is 4.91. The minimum absolute atomic E-state index is 0.0742. The van der Waals surface area contributed by atoms with E-state index in [9.17, 15) is 18.0 Å². The highest BCUT2D eigenvalue weighted by atomic mass is 79.9. The van der Waals surface area contributed by atoms with Crippen molar-refractivity contribution in [2.24, 2.45) is 18.9 Å². The van der Waals surface area contributed by atoms with Gasteiger partial charge in [-0.25, -0.2) is 13.1 Å². The minimum atomic E-state index is -3.85. The van der Waals surface area contributed by atoms with E-state index in [2.05, 4.69) is 31.0 Å². The van der Waals surface area contributed by atoms with Crippen LogP contribution < -0.4 is 0 Å². The maximum atomic E-state index is 12.6. The third kappa shape index (κ3) is 2.19. The van der Waals surface area contributed by atoms with E-state index in [0.29, 0.717) is 0 Å². The number of aromatic nitrogens is 3. The standard InChI is InChI=1S/C10H11BrN4O5S/c1-14-8(7(11)12-13-14)21(18,19)15-3-2-5-6(4-15)10(17)20-9(5)16/h5-6H,2-4H2,1H3. The Morgan fingerprint density at radius 1 is 1.29 bits per heavy atom. The average Bonchev–Trinajstić information content (AvgIpc) is 2.90. The summed E-state index contributed by atoms with van der Waals surface area (Å²) in [6.07, 6.45) is 0.261. The van der Waals surface area contributed by atoms with Crippen molar-refractivity contribution in [3.63, 3.8) is 0 Å². The van der Waals surface area contributed by atoms with Crippen LogP contribution in [0, 0.1) is 11.8 Å². The molecule has 2 atom stereocenters. The highest BCUT2D eigenvalue weighted by molar-refractivity contribution is 9.10. The number of carbonyl (C=O) groups excluding carboxylic acids is 2. The van der Waals surface area contributed by atoms with E-state index in [-0.39, 0.29) is 29.1 Å². The smallest absolute Gasteiger partial charge is 0.318 e. The van der Waals surface area contributed by atoms with Crippen molar-refractivity contribution in [3.8, 4) is 0 Å². The molecule has 0 radical (unpaired) electrons. The number of hydrogen-bond donors (Lipinski definition) is 0. The van der Waals surface area contributed by atoms with Gasteiger partial charge in [0, 0.05) is 20.1 Å². The summed E-state index contributed by atoms with van der Waals surface area (Å²) in [6, 6.07) is 0. The van der Waals surface area contributed by atoms with Gasteiger partial charge in [0.05, 0.1) is 11.8 Å². The largest absolute Gasteiger partial charge is 0.393 e. The molecule has 11 heteroatoms. The Morgan fingerprint density at radius 2 is 1.95 bits per heavy atom. The van der Waals surface area contributed by atoms with Crippen molar-refractivity contribution in [1.82, 2.24) is 19.3 Å². The third-order valence-electron chi connectivity index (χ3n) is 3.70.